The fraction of sp³-hybridized carbons (Fsp3) is 0.353. The van der Waals surface area contributed by atoms with Gasteiger partial charge in [-0.2, -0.15) is 0 Å². The van der Waals surface area contributed by atoms with Crippen LogP contribution in [-0.4, -0.2) is 51.8 Å². The van der Waals surface area contributed by atoms with Crippen LogP contribution in [-0.2, 0) is 11.3 Å². The molecule has 3 rings (SSSR count). The molecule has 2 aromatic rings. The molecule has 0 spiro atoms. The molecule has 1 fully saturated rings. The molecular weight excluding hydrogens is 362 g/mol. The number of aromatic carboxylic acids is 1. The minimum atomic E-state index is -1.35. The summed E-state index contributed by atoms with van der Waals surface area (Å²) in [4.78, 5) is 41.1. The van der Waals surface area contributed by atoms with Gasteiger partial charge in [-0.05, 0) is 24.6 Å². The second kappa shape index (κ2) is 7.45. The molecule has 26 heavy (non-hydrogen) atoms. The number of carbonyl (C=O) groups is 1. The molecule has 2 heterocycles. The summed E-state index contributed by atoms with van der Waals surface area (Å²) in [7, 11) is 0. The van der Waals surface area contributed by atoms with Crippen molar-refractivity contribution in [3.63, 3.8) is 0 Å². The van der Waals surface area contributed by atoms with Crippen molar-refractivity contribution >= 4 is 17.6 Å². The molecule has 2 N–H and O–H groups in total. The van der Waals surface area contributed by atoms with E-state index in [2.05, 4.69) is 4.98 Å². The number of aromatic nitrogens is 2. The Hall–Kier alpha value is -2.42. The van der Waals surface area contributed by atoms with Crippen LogP contribution in [0.15, 0.2) is 27.8 Å². The molecule has 0 radical (unpaired) electrons. The number of carboxylic acids is 1. The van der Waals surface area contributed by atoms with E-state index < -0.39 is 17.2 Å². The van der Waals surface area contributed by atoms with E-state index in [-0.39, 0.29) is 23.5 Å². The topological polar surface area (TPSA) is 105 Å². The molecule has 0 saturated carbocycles. The van der Waals surface area contributed by atoms with Crippen molar-refractivity contribution in [1.29, 1.82) is 0 Å². The number of nitrogens with one attached hydrogen (secondary N) is 1. The molecule has 1 saturated heterocycles. The number of hydrogen-bond donors (Lipinski definition) is 2. The van der Waals surface area contributed by atoms with Crippen LogP contribution in [0.1, 0.15) is 21.6 Å². The number of benzene rings is 1. The quantitative estimate of drug-likeness (QED) is 0.821. The number of nitrogens with zero attached hydrogens (tertiary/aromatic N) is 2. The van der Waals surface area contributed by atoms with Gasteiger partial charge in [0.2, 0.25) is 0 Å². The highest BCUT2D eigenvalue weighted by molar-refractivity contribution is 6.31. The molecule has 0 unspecified atom stereocenters. The second-order valence-corrected chi connectivity index (χ2v) is 6.46. The Bertz CT molecular complexity index is 960. The highest BCUT2D eigenvalue weighted by atomic mass is 35.5. The number of carboxylic acid groups (broad SMARTS) is 1. The van der Waals surface area contributed by atoms with E-state index in [9.17, 15) is 19.5 Å². The highest BCUT2D eigenvalue weighted by Crippen LogP contribution is 2.18. The number of halogens is 1. The van der Waals surface area contributed by atoms with Gasteiger partial charge >= 0.3 is 11.7 Å². The third-order valence-electron chi connectivity index (χ3n) is 4.31. The predicted molar refractivity (Wildman–Crippen MR) is 95.5 cm³/mol. The summed E-state index contributed by atoms with van der Waals surface area (Å²) < 4.78 is 6.18. The Morgan fingerprint density at radius 2 is 2.00 bits per heavy atom. The summed E-state index contributed by atoms with van der Waals surface area (Å²) >= 11 is 6.10. The Labute approximate surface area is 153 Å². The van der Waals surface area contributed by atoms with Crippen LogP contribution in [0.2, 0.25) is 5.02 Å². The lowest BCUT2D eigenvalue weighted by atomic mass is 10.2. The first-order chi connectivity index (χ1) is 12.4. The monoisotopic (exact) mass is 379 g/mol. The molecule has 1 aromatic heterocycles. The van der Waals surface area contributed by atoms with Gasteiger partial charge in [-0.1, -0.05) is 17.7 Å². The van der Waals surface area contributed by atoms with Crippen LogP contribution >= 0.6 is 11.6 Å². The lowest BCUT2D eigenvalue weighted by molar-refractivity contribution is 0.0336. The van der Waals surface area contributed by atoms with Crippen molar-refractivity contribution < 1.29 is 14.6 Å². The van der Waals surface area contributed by atoms with Crippen LogP contribution in [0.4, 0.5) is 0 Å². The van der Waals surface area contributed by atoms with Gasteiger partial charge in [-0.25, -0.2) is 14.2 Å². The molecule has 138 valence electrons. The zero-order valence-corrected chi connectivity index (χ0v) is 14.9. The van der Waals surface area contributed by atoms with Gasteiger partial charge in [-0.3, -0.25) is 9.69 Å². The van der Waals surface area contributed by atoms with Gasteiger partial charge in [0.1, 0.15) is 5.69 Å². The van der Waals surface area contributed by atoms with Crippen LogP contribution in [0.3, 0.4) is 0 Å². The van der Waals surface area contributed by atoms with Crippen LogP contribution < -0.4 is 11.2 Å². The largest absolute Gasteiger partial charge is 0.477 e. The van der Waals surface area contributed by atoms with E-state index in [1.165, 1.54) is 6.07 Å². The Morgan fingerprint density at radius 3 is 2.62 bits per heavy atom. The van der Waals surface area contributed by atoms with Crippen molar-refractivity contribution in [3.8, 4) is 5.69 Å². The molecule has 1 aliphatic heterocycles. The van der Waals surface area contributed by atoms with E-state index >= 15 is 0 Å². The number of morpholine rings is 1. The zero-order chi connectivity index (χ0) is 18.8. The van der Waals surface area contributed by atoms with Crippen molar-refractivity contribution in [2.24, 2.45) is 0 Å². The summed E-state index contributed by atoms with van der Waals surface area (Å²) in [5, 5.41) is 9.81. The van der Waals surface area contributed by atoms with Crippen molar-refractivity contribution in [1.82, 2.24) is 14.5 Å². The minimum Gasteiger partial charge on any atom is -0.477 e. The summed E-state index contributed by atoms with van der Waals surface area (Å²) in [5.41, 5.74) is -0.769. The average Bonchev–Trinajstić information content (AvgIpc) is 2.61. The van der Waals surface area contributed by atoms with Crippen molar-refractivity contribution in [3.05, 3.63) is 60.9 Å². The molecule has 0 atom stereocenters. The maximum absolute atomic E-state index is 13.0. The second-order valence-electron chi connectivity index (χ2n) is 6.05. The lowest BCUT2D eigenvalue weighted by Crippen LogP contribution is -2.42. The zero-order valence-electron chi connectivity index (χ0n) is 14.1. The average molecular weight is 380 g/mol. The van der Waals surface area contributed by atoms with E-state index in [0.717, 1.165) is 10.1 Å². The Kier molecular flexibility index (Phi) is 5.26. The van der Waals surface area contributed by atoms with E-state index in [1.54, 1.807) is 19.1 Å². The first-order valence-corrected chi connectivity index (χ1v) is 8.44. The van der Waals surface area contributed by atoms with E-state index in [0.29, 0.717) is 31.3 Å². The fourth-order valence-corrected chi connectivity index (χ4v) is 3.01. The van der Waals surface area contributed by atoms with Gasteiger partial charge in [0.05, 0.1) is 24.5 Å². The molecule has 0 amide bonds. The number of ether oxygens (including phenoxy) is 1. The van der Waals surface area contributed by atoms with Crippen molar-refractivity contribution in [2.75, 3.05) is 26.3 Å². The number of hydrogen-bond acceptors (Lipinski definition) is 5. The number of aromatic amines is 1. The van der Waals surface area contributed by atoms with Crippen molar-refractivity contribution in [2.45, 2.75) is 13.5 Å². The Morgan fingerprint density at radius 1 is 1.31 bits per heavy atom. The predicted octanol–water partition coefficient (Wildman–Crippen LogP) is 1.02. The SMILES string of the molecule is Cc1ccc(-n2c(=O)[nH]c(C(=O)O)c(CN3CCOCC3)c2=O)cc1Cl. The minimum absolute atomic E-state index is 0.0238. The summed E-state index contributed by atoms with van der Waals surface area (Å²) in [6, 6.07) is 4.79. The molecule has 9 heteroatoms. The van der Waals surface area contributed by atoms with Gasteiger partial charge in [0.15, 0.2) is 0 Å². The molecule has 8 nitrogen and oxygen atoms in total. The number of H-pyrrole nitrogens is 1. The maximum Gasteiger partial charge on any atom is 0.352 e. The van der Waals surface area contributed by atoms with E-state index in [1.807, 2.05) is 4.90 Å². The molecule has 0 bridgehead atoms. The van der Waals surface area contributed by atoms with Gasteiger partial charge in [0.25, 0.3) is 5.56 Å². The highest BCUT2D eigenvalue weighted by Gasteiger charge is 2.23. The van der Waals surface area contributed by atoms with Gasteiger partial charge < -0.3 is 14.8 Å². The summed E-state index contributed by atoms with van der Waals surface area (Å²) in [6.07, 6.45) is 0. The van der Waals surface area contributed by atoms with Crippen LogP contribution in [0, 0.1) is 6.92 Å². The molecule has 0 aliphatic carbocycles. The molecular formula is C17H18ClN3O5. The standard InChI is InChI=1S/C17H18ClN3O5/c1-10-2-3-11(8-13(10)18)21-15(22)12(9-20-4-6-26-7-5-20)14(16(23)24)19-17(21)25/h2-3,8H,4-7,9H2,1H3,(H,19,25)(H,23,24). The van der Waals surface area contributed by atoms with Crippen LogP contribution in [0.5, 0.6) is 0 Å². The van der Waals surface area contributed by atoms with E-state index in [4.69, 9.17) is 16.3 Å². The lowest BCUT2D eigenvalue weighted by Gasteiger charge is -2.26. The Balaban J connectivity index is 2.15. The molecule has 1 aromatic carbocycles. The normalized spacial score (nSPS) is 15.2. The summed E-state index contributed by atoms with van der Waals surface area (Å²) in [6.45, 7) is 4.08. The van der Waals surface area contributed by atoms with Gasteiger partial charge in [-0.15, -0.1) is 0 Å². The van der Waals surface area contributed by atoms with Gasteiger partial charge in [0, 0.05) is 24.7 Å². The summed E-state index contributed by atoms with van der Waals surface area (Å²) in [5.74, 6) is -1.35. The number of rotatable bonds is 4. The molecule has 1 aliphatic rings. The number of aryl methyl sites for hydroxylation is 1. The first kappa shape index (κ1) is 18.4. The fourth-order valence-electron chi connectivity index (χ4n) is 2.84. The van der Waals surface area contributed by atoms with Crippen LogP contribution in [0.25, 0.3) is 5.69 Å². The first-order valence-electron chi connectivity index (χ1n) is 8.06. The smallest absolute Gasteiger partial charge is 0.352 e. The third-order valence-corrected chi connectivity index (χ3v) is 4.72. The third kappa shape index (κ3) is 3.57. The maximum atomic E-state index is 13.0.